The van der Waals surface area contributed by atoms with Gasteiger partial charge in [0.15, 0.2) is 6.61 Å². The molecular formula is C21H26ClN3O3. The number of benzene rings is 1. The van der Waals surface area contributed by atoms with Gasteiger partial charge in [-0.15, -0.1) is 0 Å². The van der Waals surface area contributed by atoms with E-state index in [2.05, 4.69) is 5.10 Å². The number of amides is 1. The smallest absolute Gasteiger partial charge is 0.343 e. The SMILES string of the molecule is Cc1nn(Cc2ccccc2)c(Cl)c1C(=O)OCC(=O)N1[C@H](C)CCC[C@@H]1C. The first-order valence-electron chi connectivity index (χ1n) is 9.63. The van der Waals surface area contributed by atoms with Crippen LogP contribution in [0, 0.1) is 6.92 Å². The van der Waals surface area contributed by atoms with Gasteiger partial charge in [0.25, 0.3) is 5.91 Å². The highest BCUT2D eigenvalue weighted by atomic mass is 35.5. The monoisotopic (exact) mass is 403 g/mol. The molecular weight excluding hydrogens is 378 g/mol. The van der Waals surface area contributed by atoms with Crippen molar-refractivity contribution in [3.63, 3.8) is 0 Å². The normalized spacial score (nSPS) is 19.5. The molecule has 0 N–H and O–H groups in total. The third-order valence-electron chi connectivity index (χ3n) is 5.25. The molecule has 6 nitrogen and oxygen atoms in total. The summed E-state index contributed by atoms with van der Waals surface area (Å²) in [6, 6.07) is 10.0. The van der Waals surface area contributed by atoms with Gasteiger partial charge in [-0.25, -0.2) is 9.48 Å². The molecule has 1 aromatic carbocycles. The highest BCUT2D eigenvalue weighted by molar-refractivity contribution is 6.32. The van der Waals surface area contributed by atoms with Gasteiger partial charge in [-0.2, -0.15) is 5.10 Å². The van der Waals surface area contributed by atoms with Crippen LogP contribution in [0.15, 0.2) is 30.3 Å². The second-order valence-corrected chi connectivity index (χ2v) is 7.76. The average Bonchev–Trinajstić information content (AvgIpc) is 2.94. The lowest BCUT2D eigenvalue weighted by Gasteiger charge is -2.38. The fourth-order valence-electron chi connectivity index (χ4n) is 3.83. The molecule has 1 amide bonds. The molecule has 1 aliphatic heterocycles. The molecule has 7 heteroatoms. The highest BCUT2D eigenvalue weighted by Crippen LogP contribution is 2.24. The number of piperidine rings is 1. The molecule has 0 radical (unpaired) electrons. The minimum absolute atomic E-state index is 0.161. The predicted octanol–water partition coefficient (Wildman–Crippen LogP) is 3.84. The largest absolute Gasteiger partial charge is 0.452 e. The fourth-order valence-corrected chi connectivity index (χ4v) is 4.14. The minimum atomic E-state index is -0.618. The maximum atomic E-state index is 12.6. The van der Waals surface area contributed by atoms with Crippen LogP contribution in [0.1, 0.15) is 54.7 Å². The summed E-state index contributed by atoms with van der Waals surface area (Å²) in [7, 11) is 0. The molecule has 0 unspecified atom stereocenters. The van der Waals surface area contributed by atoms with Crippen LogP contribution in [0.3, 0.4) is 0 Å². The molecule has 2 heterocycles. The van der Waals surface area contributed by atoms with Crippen LogP contribution in [0.4, 0.5) is 0 Å². The van der Waals surface area contributed by atoms with E-state index in [4.69, 9.17) is 16.3 Å². The van der Waals surface area contributed by atoms with Crippen LogP contribution >= 0.6 is 11.6 Å². The fraction of sp³-hybridized carbons (Fsp3) is 0.476. The molecule has 1 aromatic heterocycles. The Morgan fingerprint density at radius 2 is 1.82 bits per heavy atom. The molecule has 1 fully saturated rings. The van der Waals surface area contributed by atoms with E-state index in [0.717, 1.165) is 24.8 Å². The van der Waals surface area contributed by atoms with Crippen molar-refractivity contribution >= 4 is 23.5 Å². The van der Waals surface area contributed by atoms with Gasteiger partial charge in [0.05, 0.1) is 12.2 Å². The van der Waals surface area contributed by atoms with E-state index in [0.29, 0.717) is 12.2 Å². The summed E-state index contributed by atoms with van der Waals surface area (Å²) in [4.78, 5) is 27.0. The number of carbonyl (C=O) groups excluding carboxylic acids is 2. The second kappa shape index (κ2) is 8.78. The standard InChI is InChI=1S/C21H26ClN3O3/c1-14-8-7-9-15(2)25(14)18(26)13-28-21(27)19-16(3)23-24(20(19)22)12-17-10-5-4-6-11-17/h4-6,10-11,14-15H,7-9,12-13H2,1-3H3/t14-,15+. The van der Waals surface area contributed by atoms with Crippen LogP contribution in [0.5, 0.6) is 0 Å². The van der Waals surface area contributed by atoms with Crippen molar-refractivity contribution in [3.8, 4) is 0 Å². The number of hydrogen-bond donors (Lipinski definition) is 0. The van der Waals surface area contributed by atoms with Crippen molar-refractivity contribution in [3.05, 3.63) is 52.3 Å². The summed E-state index contributed by atoms with van der Waals surface area (Å²) in [5, 5.41) is 4.58. The maximum Gasteiger partial charge on any atom is 0.343 e. The third kappa shape index (κ3) is 4.38. The minimum Gasteiger partial charge on any atom is -0.452 e. The molecule has 0 bridgehead atoms. The third-order valence-corrected chi connectivity index (χ3v) is 5.64. The number of esters is 1. The van der Waals surface area contributed by atoms with Crippen LogP contribution in [-0.2, 0) is 16.1 Å². The van der Waals surface area contributed by atoms with Crippen molar-refractivity contribution in [2.45, 2.75) is 58.7 Å². The van der Waals surface area contributed by atoms with Gasteiger partial charge in [-0.05, 0) is 45.6 Å². The van der Waals surface area contributed by atoms with Gasteiger partial charge in [-0.1, -0.05) is 41.9 Å². The van der Waals surface area contributed by atoms with E-state index in [9.17, 15) is 9.59 Å². The Bertz CT molecular complexity index is 840. The summed E-state index contributed by atoms with van der Waals surface area (Å²) >= 11 is 6.39. The van der Waals surface area contributed by atoms with Gasteiger partial charge < -0.3 is 9.64 Å². The number of aryl methyl sites for hydroxylation is 1. The zero-order valence-electron chi connectivity index (χ0n) is 16.5. The van der Waals surface area contributed by atoms with Crippen LogP contribution in [0.25, 0.3) is 0 Å². The number of ether oxygens (including phenoxy) is 1. The van der Waals surface area contributed by atoms with Gasteiger partial charge in [0.1, 0.15) is 10.7 Å². The molecule has 1 saturated heterocycles. The number of halogens is 1. The first-order valence-corrected chi connectivity index (χ1v) is 10.0. The summed E-state index contributed by atoms with van der Waals surface area (Å²) < 4.78 is 6.87. The quantitative estimate of drug-likeness (QED) is 0.711. The maximum absolute atomic E-state index is 12.6. The van der Waals surface area contributed by atoms with E-state index in [-0.39, 0.29) is 35.3 Å². The van der Waals surface area contributed by atoms with Crippen LogP contribution in [-0.4, -0.2) is 45.2 Å². The van der Waals surface area contributed by atoms with Crippen LogP contribution in [0.2, 0.25) is 5.15 Å². The Hall–Kier alpha value is -2.34. The first kappa shape index (κ1) is 20.4. The Morgan fingerprint density at radius 3 is 2.46 bits per heavy atom. The van der Waals surface area contributed by atoms with Gasteiger partial charge in [0.2, 0.25) is 0 Å². The summed E-state index contributed by atoms with van der Waals surface area (Å²) in [6.07, 6.45) is 3.06. The van der Waals surface area contributed by atoms with Crippen molar-refractivity contribution in [2.75, 3.05) is 6.61 Å². The summed E-state index contributed by atoms with van der Waals surface area (Å²) in [6.45, 7) is 5.94. The van der Waals surface area contributed by atoms with Gasteiger partial charge >= 0.3 is 5.97 Å². The number of rotatable bonds is 5. The van der Waals surface area contributed by atoms with Crippen molar-refractivity contribution in [1.82, 2.24) is 14.7 Å². The number of hydrogen-bond acceptors (Lipinski definition) is 4. The highest BCUT2D eigenvalue weighted by Gasteiger charge is 2.30. The van der Waals surface area contributed by atoms with Crippen molar-refractivity contribution in [1.29, 1.82) is 0 Å². The van der Waals surface area contributed by atoms with Gasteiger partial charge in [-0.3, -0.25) is 4.79 Å². The molecule has 2 aromatic rings. The second-order valence-electron chi connectivity index (χ2n) is 7.40. The summed E-state index contributed by atoms with van der Waals surface area (Å²) in [5.74, 6) is -0.786. The lowest BCUT2D eigenvalue weighted by atomic mass is 9.97. The topological polar surface area (TPSA) is 64.4 Å². The van der Waals surface area contributed by atoms with E-state index < -0.39 is 5.97 Å². The molecule has 150 valence electrons. The zero-order chi connectivity index (χ0) is 20.3. The average molecular weight is 404 g/mol. The van der Waals surface area contributed by atoms with Crippen LogP contribution < -0.4 is 0 Å². The van der Waals surface area contributed by atoms with Crippen molar-refractivity contribution < 1.29 is 14.3 Å². The molecule has 2 atom stereocenters. The molecule has 1 aliphatic rings. The Labute approximate surface area is 170 Å². The molecule has 0 saturated carbocycles. The molecule has 28 heavy (non-hydrogen) atoms. The Morgan fingerprint density at radius 1 is 1.18 bits per heavy atom. The molecule has 0 spiro atoms. The molecule has 0 aliphatic carbocycles. The zero-order valence-corrected chi connectivity index (χ0v) is 17.3. The number of aromatic nitrogens is 2. The van der Waals surface area contributed by atoms with Crippen molar-refractivity contribution in [2.24, 2.45) is 0 Å². The predicted molar refractivity (Wildman–Crippen MR) is 107 cm³/mol. The van der Waals surface area contributed by atoms with E-state index in [1.165, 1.54) is 0 Å². The summed E-state index contributed by atoms with van der Waals surface area (Å²) in [5.41, 5.74) is 1.72. The van der Waals surface area contributed by atoms with E-state index in [1.54, 1.807) is 11.6 Å². The van der Waals surface area contributed by atoms with E-state index in [1.807, 2.05) is 49.1 Å². The number of carbonyl (C=O) groups is 2. The van der Waals surface area contributed by atoms with E-state index >= 15 is 0 Å². The number of nitrogens with zero attached hydrogens (tertiary/aromatic N) is 3. The van der Waals surface area contributed by atoms with Gasteiger partial charge in [0, 0.05) is 12.1 Å². The Kier molecular flexibility index (Phi) is 6.39. The number of likely N-dealkylation sites (tertiary alicyclic amines) is 1. The lowest BCUT2D eigenvalue weighted by molar-refractivity contribution is -0.140. The molecule has 3 rings (SSSR count). The lowest BCUT2D eigenvalue weighted by Crippen LogP contribution is -2.49. The first-order chi connectivity index (χ1) is 13.4. The Balaban J connectivity index is 1.66.